The van der Waals surface area contributed by atoms with E-state index in [9.17, 15) is 13.2 Å². The first-order valence-corrected chi connectivity index (χ1v) is 13.3. The Morgan fingerprint density at radius 2 is 1.56 bits per heavy atom. The summed E-state index contributed by atoms with van der Waals surface area (Å²) < 4.78 is 33.8. The number of hydrazine groups is 1. The number of amides is 1. The van der Waals surface area contributed by atoms with Gasteiger partial charge in [0, 0.05) is 10.9 Å². The lowest BCUT2D eigenvalue weighted by Crippen LogP contribution is -2.46. The Morgan fingerprint density at radius 3 is 2.22 bits per heavy atom. The van der Waals surface area contributed by atoms with Crippen LogP contribution in [0.2, 0.25) is 0 Å². The number of aromatic nitrogens is 1. The molecule has 0 spiro atoms. The summed E-state index contributed by atoms with van der Waals surface area (Å²) in [6.07, 6.45) is 0. The fourth-order valence-electron chi connectivity index (χ4n) is 3.89. The fourth-order valence-corrected chi connectivity index (χ4v) is 6.24. The largest absolute Gasteiger partial charge is 0.494 e. The molecule has 1 N–H and O–H groups in total. The Balaban J connectivity index is 1.68. The van der Waals surface area contributed by atoms with Crippen molar-refractivity contribution in [3.8, 4) is 17.0 Å². The topological polar surface area (TPSA) is 88.6 Å². The molecule has 0 atom stereocenters. The molecule has 7 nitrogen and oxygen atoms in total. The number of anilines is 1. The highest BCUT2D eigenvalue weighted by atomic mass is 32.2. The van der Waals surface area contributed by atoms with Gasteiger partial charge in [-0.15, -0.1) is 11.3 Å². The zero-order valence-electron chi connectivity index (χ0n) is 19.2. The van der Waals surface area contributed by atoms with Crippen LogP contribution in [0, 0.1) is 0 Å². The second-order valence-corrected chi connectivity index (χ2v) is 10.7. The zero-order chi connectivity index (χ0) is 25.1. The van der Waals surface area contributed by atoms with Crippen LogP contribution in [-0.4, -0.2) is 26.4 Å². The number of carbonyl (C=O) groups is 1. The Bertz CT molecular complexity index is 1620. The molecule has 0 bridgehead atoms. The quantitative estimate of drug-likeness (QED) is 0.289. The lowest BCUT2D eigenvalue weighted by Gasteiger charge is -2.25. The van der Waals surface area contributed by atoms with Crippen molar-refractivity contribution in [1.29, 1.82) is 0 Å². The number of pyridine rings is 1. The Kier molecular flexibility index (Phi) is 6.41. The third-order valence-electron chi connectivity index (χ3n) is 5.51. The standard InChI is InChI=1S/C27H21N3O4S2/c1-34-26-24(21-15-8-9-16-22(21)28-25(26)19-11-4-2-5-12-19)27(31)29-30(20-13-6-3-7-14-20)36(32,33)23-17-10-18-35-23/h2-18H,1H3,(H,29,31). The van der Waals surface area contributed by atoms with Gasteiger partial charge in [0.2, 0.25) is 0 Å². The number of sulfonamides is 1. The van der Waals surface area contributed by atoms with Gasteiger partial charge in [-0.3, -0.25) is 4.79 Å². The van der Waals surface area contributed by atoms with Gasteiger partial charge in [-0.25, -0.2) is 10.4 Å². The number of thiophene rings is 1. The van der Waals surface area contributed by atoms with Crippen molar-refractivity contribution in [2.45, 2.75) is 4.21 Å². The third-order valence-corrected chi connectivity index (χ3v) is 8.52. The number of methoxy groups -OCH3 is 1. The van der Waals surface area contributed by atoms with E-state index in [0.29, 0.717) is 22.3 Å². The van der Waals surface area contributed by atoms with Crippen LogP contribution in [0.5, 0.6) is 5.75 Å². The van der Waals surface area contributed by atoms with Crippen molar-refractivity contribution in [1.82, 2.24) is 10.4 Å². The second-order valence-electron chi connectivity index (χ2n) is 7.73. The molecule has 0 aliphatic rings. The summed E-state index contributed by atoms with van der Waals surface area (Å²) in [6.45, 7) is 0. The highest BCUT2D eigenvalue weighted by Gasteiger charge is 2.30. The number of rotatable bonds is 7. The van der Waals surface area contributed by atoms with Crippen LogP contribution < -0.4 is 14.6 Å². The number of hydrogen-bond donors (Lipinski definition) is 1. The number of nitrogens with zero attached hydrogens (tertiary/aromatic N) is 2. The lowest BCUT2D eigenvalue weighted by molar-refractivity contribution is 0.0954. The Labute approximate surface area is 212 Å². The van der Waals surface area contributed by atoms with Gasteiger partial charge < -0.3 is 4.74 Å². The van der Waals surface area contributed by atoms with Gasteiger partial charge in [-0.05, 0) is 29.6 Å². The van der Waals surface area contributed by atoms with E-state index in [1.807, 2.05) is 36.4 Å². The average Bonchev–Trinajstić information content (AvgIpc) is 3.47. The molecule has 0 aliphatic heterocycles. The molecule has 0 saturated heterocycles. The summed E-state index contributed by atoms with van der Waals surface area (Å²) in [4.78, 5) is 18.7. The minimum Gasteiger partial charge on any atom is -0.494 e. The van der Waals surface area contributed by atoms with Crippen LogP contribution in [-0.2, 0) is 10.0 Å². The molecule has 36 heavy (non-hydrogen) atoms. The number of benzene rings is 3. The maximum atomic E-state index is 13.9. The SMILES string of the molecule is COc1c(-c2ccccc2)nc2ccccc2c1C(=O)NN(c1ccccc1)S(=O)(=O)c1cccs1. The minimum absolute atomic E-state index is 0.100. The summed E-state index contributed by atoms with van der Waals surface area (Å²) >= 11 is 1.07. The predicted octanol–water partition coefficient (Wildman–Crippen LogP) is 5.51. The summed E-state index contributed by atoms with van der Waals surface area (Å²) in [7, 11) is -2.62. The smallest absolute Gasteiger partial charge is 0.291 e. The molecule has 0 fully saturated rings. The summed E-state index contributed by atoms with van der Waals surface area (Å²) in [6, 6.07) is 28.1. The number of carbonyl (C=O) groups excluding carboxylic acids is 1. The summed E-state index contributed by atoms with van der Waals surface area (Å²) in [5.41, 5.74) is 4.93. The average molecular weight is 516 g/mol. The zero-order valence-corrected chi connectivity index (χ0v) is 20.8. The van der Waals surface area contributed by atoms with Gasteiger partial charge in [0.05, 0.1) is 23.9 Å². The number of fused-ring (bicyclic) bond motifs is 1. The van der Waals surface area contributed by atoms with Gasteiger partial charge >= 0.3 is 0 Å². The molecular formula is C27H21N3O4S2. The Morgan fingerprint density at radius 1 is 0.889 bits per heavy atom. The normalized spacial score (nSPS) is 11.2. The Hall–Kier alpha value is -4.21. The fraction of sp³-hybridized carbons (Fsp3) is 0.0370. The number of ether oxygens (including phenoxy) is 1. The molecule has 0 saturated carbocycles. The van der Waals surface area contributed by atoms with Crippen LogP contribution in [0.1, 0.15) is 10.4 Å². The molecule has 2 aromatic heterocycles. The monoisotopic (exact) mass is 515 g/mol. The van der Waals surface area contributed by atoms with Crippen LogP contribution in [0.15, 0.2) is 107 Å². The first-order chi connectivity index (χ1) is 17.5. The summed E-state index contributed by atoms with van der Waals surface area (Å²) in [5, 5.41) is 2.21. The van der Waals surface area contributed by atoms with Gasteiger partial charge in [0.25, 0.3) is 15.9 Å². The molecule has 0 aliphatic carbocycles. The van der Waals surface area contributed by atoms with Crippen molar-refractivity contribution in [3.63, 3.8) is 0 Å². The van der Waals surface area contributed by atoms with Crippen LogP contribution >= 0.6 is 11.3 Å². The molecular weight excluding hydrogens is 494 g/mol. The molecule has 0 unspecified atom stereocenters. The highest BCUT2D eigenvalue weighted by molar-refractivity contribution is 7.94. The lowest BCUT2D eigenvalue weighted by atomic mass is 10.0. The first kappa shape index (κ1) is 23.5. The predicted molar refractivity (Wildman–Crippen MR) is 142 cm³/mol. The van der Waals surface area contributed by atoms with E-state index in [1.54, 1.807) is 60.0 Å². The van der Waals surface area contributed by atoms with Crippen molar-refractivity contribution < 1.29 is 17.9 Å². The molecule has 2 heterocycles. The van der Waals surface area contributed by atoms with Crippen LogP contribution in [0.3, 0.4) is 0 Å². The van der Waals surface area contributed by atoms with Crippen LogP contribution in [0.4, 0.5) is 5.69 Å². The van der Waals surface area contributed by atoms with Crippen molar-refractivity contribution in [2.75, 3.05) is 11.5 Å². The maximum absolute atomic E-state index is 13.9. The molecule has 3 aromatic carbocycles. The molecule has 5 rings (SSSR count). The number of hydrogen-bond acceptors (Lipinski definition) is 6. The van der Waals surface area contributed by atoms with E-state index >= 15 is 0 Å². The van der Waals surface area contributed by atoms with E-state index in [-0.39, 0.29) is 15.5 Å². The molecule has 5 aromatic rings. The van der Waals surface area contributed by atoms with E-state index in [0.717, 1.165) is 21.3 Å². The number of nitrogens with one attached hydrogen (secondary N) is 1. The van der Waals surface area contributed by atoms with E-state index in [1.165, 1.54) is 13.2 Å². The molecule has 9 heteroatoms. The van der Waals surface area contributed by atoms with Crippen molar-refractivity contribution in [3.05, 3.63) is 108 Å². The van der Waals surface area contributed by atoms with E-state index < -0.39 is 15.9 Å². The number of para-hydroxylation sites is 2. The minimum atomic E-state index is -4.09. The van der Waals surface area contributed by atoms with Gasteiger partial charge in [0.1, 0.15) is 9.90 Å². The van der Waals surface area contributed by atoms with Gasteiger partial charge in [0.15, 0.2) is 5.75 Å². The van der Waals surface area contributed by atoms with E-state index in [2.05, 4.69) is 5.43 Å². The van der Waals surface area contributed by atoms with E-state index in [4.69, 9.17) is 9.72 Å². The van der Waals surface area contributed by atoms with Crippen molar-refractivity contribution in [2.24, 2.45) is 0 Å². The molecule has 1 amide bonds. The van der Waals surface area contributed by atoms with Gasteiger partial charge in [-0.2, -0.15) is 12.8 Å². The molecule has 0 radical (unpaired) electrons. The van der Waals surface area contributed by atoms with Gasteiger partial charge in [-0.1, -0.05) is 72.8 Å². The molecule has 180 valence electrons. The second kappa shape index (κ2) is 9.80. The highest BCUT2D eigenvalue weighted by Crippen LogP contribution is 2.36. The summed E-state index contributed by atoms with van der Waals surface area (Å²) in [5.74, 6) is -0.398. The first-order valence-electron chi connectivity index (χ1n) is 11.0. The van der Waals surface area contributed by atoms with Crippen molar-refractivity contribution >= 4 is 43.9 Å². The third kappa shape index (κ3) is 4.30. The van der Waals surface area contributed by atoms with Crippen LogP contribution in [0.25, 0.3) is 22.2 Å². The maximum Gasteiger partial charge on any atom is 0.291 e.